The number of nitrogens with one attached hydrogen (secondary N) is 3. The Morgan fingerprint density at radius 1 is 1.36 bits per heavy atom. The van der Waals surface area contributed by atoms with Crippen LogP contribution in [0.3, 0.4) is 0 Å². The highest BCUT2D eigenvalue weighted by molar-refractivity contribution is 9.10. The summed E-state index contributed by atoms with van der Waals surface area (Å²) in [5, 5.41) is 12.4. The molecule has 2 rings (SSSR count). The summed E-state index contributed by atoms with van der Waals surface area (Å²) in [4.78, 5) is 24.3. The number of rotatable bonds is 6. The van der Waals surface area contributed by atoms with Crippen LogP contribution in [-0.2, 0) is 16.6 Å². The fourth-order valence-electron chi connectivity index (χ4n) is 2.23. The van der Waals surface area contributed by atoms with Gasteiger partial charge in [-0.3, -0.25) is 14.3 Å². The lowest BCUT2D eigenvalue weighted by Crippen LogP contribution is -2.40. The molecule has 0 spiro atoms. The second kappa shape index (κ2) is 9.55. The largest absolute Gasteiger partial charge is 0.345 e. The zero-order valence-corrected chi connectivity index (χ0v) is 16.6. The molecular weight excluding hydrogens is 410 g/mol. The van der Waals surface area contributed by atoms with Crippen molar-refractivity contribution in [2.75, 3.05) is 18.9 Å². The van der Waals surface area contributed by atoms with Crippen molar-refractivity contribution in [1.82, 2.24) is 20.4 Å². The topological polar surface area (TPSA) is 88.1 Å². The van der Waals surface area contributed by atoms with Crippen molar-refractivity contribution in [3.8, 4) is 0 Å². The SMILES string of the molecule is CNC(C(=O)NCC(=O)Nc1cc(Br)ccc1C)c1cnn(C)c1.Cl. The molecule has 0 fully saturated rings. The van der Waals surface area contributed by atoms with Gasteiger partial charge in [0.15, 0.2) is 0 Å². The molecule has 3 N–H and O–H groups in total. The van der Waals surface area contributed by atoms with Crippen LogP contribution in [0, 0.1) is 6.92 Å². The Kier molecular flexibility index (Phi) is 8.08. The Morgan fingerprint density at radius 3 is 2.68 bits per heavy atom. The van der Waals surface area contributed by atoms with E-state index in [0.29, 0.717) is 5.69 Å². The molecular formula is C16H21BrClN5O2. The summed E-state index contributed by atoms with van der Waals surface area (Å²) >= 11 is 3.37. The van der Waals surface area contributed by atoms with Crippen LogP contribution in [0.1, 0.15) is 17.2 Å². The molecule has 0 radical (unpaired) electrons. The molecule has 0 saturated heterocycles. The molecule has 0 aliphatic carbocycles. The highest BCUT2D eigenvalue weighted by Gasteiger charge is 2.20. The fourth-order valence-corrected chi connectivity index (χ4v) is 2.59. The first-order valence-electron chi connectivity index (χ1n) is 7.40. The summed E-state index contributed by atoms with van der Waals surface area (Å²) in [6.07, 6.45) is 3.37. The van der Waals surface area contributed by atoms with Gasteiger partial charge < -0.3 is 16.0 Å². The van der Waals surface area contributed by atoms with Crippen LogP contribution in [0.15, 0.2) is 35.1 Å². The van der Waals surface area contributed by atoms with Crippen LogP contribution in [0.25, 0.3) is 0 Å². The van der Waals surface area contributed by atoms with Gasteiger partial charge in [-0.2, -0.15) is 5.10 Å². The van der Waals surface area contributed by atoms with Crippen molar-refractivity contribution in [2.24, 2.45) is 7.05 Å². The van der Waals surface area contributed by atoms with Crippen LogP contribution in [0.4, 0.5) is 5.69 Å². The minimum absolute atomic E-state index is 0. The van der Waals surface area contributed by atoms with E-state index in [2.05, 4.69) is 37.0 Å². The Morgan fingerprint density at radius 2 is 2.08 bits per heavy atom. The number of anilines is 1. The third-order valence-electron chi connectivity index (χ3n) is 3.51. The fraction of sp³-hybridized carbons (Fsp3) is 0.312. The quantitative estimate of drug-likeness (QED) is 0.653. The smallest absolute Gasteiger partial charge is 0.243 e. The van der Waals surface area contributed by atoms with Crippen LogP contribution >= 0.6 is 28.3 Å². The monoisotopic (exact) mass is 429 g/mol. The number of hydrogen-bond acceptors (Lipinski definition) is 4. The van der Waals surface area contributed by atoms with Gasteiger partial charge in [-0.25, -0.2) is 0 Å². The summed E-state index contributed by atoms with van der Waals surface area (Å²) in [6, 6.07) is 5.07. The number of aryl methyl sites for hydroxylation is 2. The van der Waals surface area contributed by atoms with E-state index >= 15 is 0 Å². The first kappa shape index (κ1) is 21.1. The Hall–Kier alpha value is -1.90. The highest BCUT2D eigenvalue weighted by atomic mass is 79.9. The van der Waals surface area contributed by atoms with E-state index in [9.17, 15) is 9.59 Å². The van der Waals surface area contributed by atoms with E-state index in [-0.39, 0.29) is 30.8 Å². The van der Waals surface area contributed by atoms with Gasteiger partial charge in [0.05, 0.1) is 12.7 Å². The molecule has 25 heavy (non-hydrogen) atoms. The summed E-state index contributed by atoms with van der Waals surface area (Å²) < 4.78 is 2.50. The number of carbonyl (C=O) groups excluding carboxylic acids is 2. The molecule has 1 unspecified atom stereocenters. The molecule has 0 aliphatic rings. The van der Waals surface area contributed by atoms with E-state index in [4.69, 9.17) is 0 Å². The van der Waals surface area contributed by atoms with Crippen molar-refractivity contribution >= 4 is 45.8 Å². The van der Waals surface area contributed by atoms with E-state index in [1.807, 2.05) is 25.1 Å². The van der Waals surface area contributed by atoms with Crippen molar-refractivity contribution in [1.29, 1.82) is 0 Å². The molecule has 1 aromatic heterocycles. The maximum absolute atomic E-state index is 12.3. The third-order valence-corrected chi connectivity index (χ3v) is 4.00. The number of aromatic nitrogens is 2. The average molecular weight is 431 g/mol. The Balaban J connectivity index is 0.00000312. The number of nitrogens with zero attached hydrogens (tertiary/aromatic N) is 2. The number of hydrogen-bond donors (Lipinski definition) is 3. The maximum atomic E-state index is 12.3. The summed E-state index contributed by atoms with van der Waals surface area (Å²) in [5.74, 6) is -0.572. The first-order chi connectivity index (χ1) is 11.4. The van der Waals surface area contributed by atoms with Crippen LogP contribution < -0.4 is 16.0 Å². The molecule has 7 nitrogen and oxygen atoms in total. The molecule has 1 heterocycles. The summed E-state index contributed by atoms with van der Waals surface area (Å²) in [6.45, 7) is 1.79. The van der Waals surface area contributed by atoms with E-state index < -0.39 is 6.04 Å². The predicted molar refractivity (Wildman–Crippen MR) is 103 cm³/mol. The molecule has 1 aromatic carbocycles. The number of amides is 2. The standard InChI is InChI=1S/C16H20BrN5O2.ClH/c1-10-4-5-12(17)6-13(10)21-14(23)8-19-16(24)15(18-2)11-7-20-22(3)9-11;/h4-7,9,15,18H,8H2,1-3H3,(H,19,24)(H,21,23);1H. The van der Waals surface area contributed by atoms with Gasteiger partial charge in [0, 0.05) is 29.0 Å². The maximum Gasteiger partial charge on any atom is 0.243 e. The molecule has 136 valence electrons. The van der Waals surface area contributed by atoms with Gasteiger partial charge in [-0.05, 0) is 31.7 Å². The average Bonchev–Trinajstić information content (AvgIpc) is 2.96. The third kappa shape index (κ3) is 5.84. The minimum Gasteiger partial charge on any atom is -0.345 e. The predicted octanol–water partition coefficient (Wildman–Crippen LogP) is 1.93. The van der Waals surface area contributed by atoms with Gasteiger partial charge in [0.25, 0.3) is 0 Å². The number of halogens is 2. The van der Waals surface area contributed by atoms with Crippen molar-refractivity contribution in [3.63, 3.8) is 0 Å². The molecule has 0 aliphatic heterocycles. The molecule has 0 saturated carbocycles. The molecule has 0 bridgehead atoms. The zero-order chi connectivity index (χ0) is 17.7. The molecule has 1 atom stereocenters. The minimum atomic E-state index is -0.556. The number of benzene rings is 1. The molecule has 2 amide bonds. The Bertz CT molecular complexity index is 750. The van der Waals surface area contributed by atoms with Gasteiger partial charge in [-0.1, -0.05) is 22.0 Å². The van der Waals surface area contributed by atoms with Gasteiger partial charge in [0.1, 0.15) is 6.04 Å². The molecule has 2 aromatic rings. The van der Waals surface area contributed by atoms with Gasteiger partial charge in [-0.15, -0.1) is 12.4 Å². The lowest BCUT2D eigenvalue weighted by Gasteiger charge is -2.15. The number of likely N-dealkylation sites (N-methyl/N-ethyl adjacent to an activating group) is 1. The highest BCUT2D eigenvalue weighted by Crippen LogP contribution is 2.20. The molecule has 9 heteroatoms. The van der Waals surface area contributed by atoms with Crippen molar-refractivity contribution < 1.29 is 9.59 Å². The normalized spacial score (nSPS) is 11.4. The van der Waals surface area contributed by atoms with Crippen LogP contribution in [0.2, 0.25) is 0 Å². The van der Waals surface area contributed by atoms with Gasteiger partial charge in [0.2, 0.25) is 11.8 Å². The van der Waals surface area contributed by atoms with Crippen LogP contribution in [0.5, 0.6) is 0 Å². The lowest BCUT2D eigenvalue weighted by molar-refractivity contribution is -0.125. The zero-order valence-electron chi connectivity index (χ0n) is 14.2. The van der Waals surface area contributed by atoms with Crippen molar-refractivity contribution in [2.45, 2.75) is 13.0 Å². The summed E-state index contributed by atoms with van der Waals surface area (Å²) in [5.41, 5.74) is 2.39. The lowest BCUT2D eigenvalue weighted by atomic mass is 10.1. The van der Waals surface area contributed by atoms with E-state index in [1.54, 1.807) is 31.2 Å². The Labute approximate surface area is 161 Å². The number of carbonyl (C=O) groups is 2. The van der Waals surface area contributed by atoms with E-state index in [0.717, 1.165) is 15.6 Å². The summed E-state index contributed by atoms with van der Waals surface area (Å²) in [7, 11) is 3.46. The second-order valence-electron chi connectivity index (χ2n) is 5.39. The van der Waals surface area contributed by atoms with Gasteiger partial charge >= 0.3 is 0 Å². The first-order valence-corrected chi connectivity index (χ1v) is 8.19. The van der Waals surface area contributed by atoms with Crippen molar-refractivity contribution in [3.05, 3.63) is 46.2 Å². The second-order valence-corrected chi connectivity index (χ2v) is 6.31. The van der Waals surface area contributed by atoms with E-state index in [1.165, 1.54) is 0 Å². The van der Waals surface area contributed by atoms with Crippen LogP contribution in [-0.4, -0.2) is 35.2 Å².